The van der Waals surface area contributed by atoms with E-state index in [0.717, 1.165) is 50.9 Å². The van der Waals surface area contributed by atoms with Crippen LogP contribution in [0.5, 0.6) is 0 Å². The number of ether oxygens (including phenoxy) is 1. The Balaban J connectivity index is 1.58. The molecule has 0 spiro atoms. The summed E-state index contributed by atoms with van der Waals surface area (Å²) in [5.74, 6) is 2.21. The van der Waals surface area contributed by atoms with Crippen LogP contribution in [0.2, 0.25) is 0 Å². The molecule has 0 bridgehead atoms. The summed E-state index contributed by atoms with van der Waals surface area (Å²) in [4.78, 5) is 0. The number of hydrogen-bond acceptors (Lipinski definition) is 4. The average Bonchev–Trinajstić information content (AvgIpc) is 3.12. The topological polar surface area (TPSA) is 56.9 Å². The fourth-order valence-corrected chi connectivity index (χ4v) is 2.75. The van der Waals surface area contributed by atoms with Gasteiger partial charge in [-0.2, -0.15) is 0 Å². The van der Waals surface area contributed by atoms with E-state index in [2.05, 4.69) is 43.1 Å². The fraction of sp³-hybridized carbons (Fsp3) is 0.600. The highest BCUT2D eigenvalue weighted by Crippen LogP contribution is 2.15. The van der Waals surface area contributed by atoms with Crippen molar-refractivity contribution in [2.75, 3.05) is 20.3 Å². The monoisotopic (exact) mass is 289 g/mol. The van der Waals surface area contributed by atoms with Gasteiger partial charge in [0.25, 0.3) is 0 Å². The Morgan fingerprint density at radius 2 is 2.29 bits per heavy atom. The molecule has 2 aromatic heterocycles. The second-order valence-corrected chi connectivity index (χ2v) is 5.50. The van der Waals surface area contributed by atoms with Crippen molar-refractivity contribution < 1.29 is 4.74 Å². The molecule has 0 amide bonds. The summed E-state index contributed by atoms with van der Waals surface area (Å²) in [5.41, 5.74) is 1.28. The lowest BCUT2D eigenvalue weighted by atomic mass is 10.2. The van der Waals surface area contributed by atoms with Crippen molar-refractivity contribution in [1.82, 2.24) is 24.6 Å². The fourth-order valence-electron chi connectivity index (χ4n) is 2.75. The lowest BCUT2D eigenvalue weighted by molar-refractivity contribution is 0.199. The quantitative estimate of drug-likeness (QED) is 0.778. The zero-order valence-corrected chi connectivity index (χ0v) is 12.6. The second kappa shape index (κ2) is 6.87. The van der Waals surface area contributed by atoms with Gasteiger partial charge >= 0.3 is 0 Å². The zero-order valence-electron chi connectivity index (χ0n) is 12.6. The summed E-state index contributed by atoms with van der Waals surface area (Å²) in [6.07, 6.45) is 7.81. The number of aromatic nitrogens is 4. The van der Waals surface area contributed by atoms with Crippen molar-refractivity contribution in [2.24, 2.45) is 0 Å². The van der Waals surface area contributed by atoms with Gasteiger partial charge < -0.3 is 19.2 Å². The molecule has 1 N–H and O–H groups in total. The van der Waals surface area contributed by atoms with Gasteiger partial charge in [0, 0.05) is 45.6 Å². The van der Waals surface area contributed by atoms with Crippen molar-refractivity contribution in [3.63, 3.8) is 0 Å². The van der Waals surface area contributed by atoms with Crippen LogP contribution in [0.3, 0.4) is 0 Å². The zero-order chi connectivity index (χ0) is 14.5. The molecule has 0 saturated carbocycles. The van der Waals surface area contributed by atoms with E-state index in [4.69, 9.17) is 4.74 Å². The van der Waals surface area contributed by atoms with Gasteiger partial charge in [0.1, 0.15) is 5.82 Å². The van der Waals surface area contributed by atoms with Gasteiger partial charge in [-0.3, -0.25) is 0 Å². The van der Waals surface area contributed by atoms with Crippen molar-refractivity contribution in [2.45, 2.75) is 38.9 Å². The minimum atomic E-state index is 0.743. The molecule has 1 aliphatic heterocycles. The highest BCUT2D eigenvalue weighted by Gasteiger charge is 2.15. The van der Waals surface area contributed by atoms with Gasteiger partial charge in [0.15, 0.2) is 5.82 Å². The molecule has 0 radical (unpaired) electrons. The van der Waals surface area contributed by atoms with E-state index in [9.17, 15) is 0 Å². The first-order valence-corrected chi connectivity index (χ1v) is 7.62. The molecule has 0 aliphatic carbocycles. The van der Waals surface area contributed by atoms with Gasteiger partial charge in [0.05, 0.1) is 13.2 Å². The number of aryl methyl sites for hydroxylation is 1. The van der Waals surface area contributed by atoms with Crippen LogP contribution in [-0.4, -0.2) is 39.6 Å². The van der Waals surface area contributed by atoms with Crippen LogP contribution in [0.15, 0.2) is 18.5 Å². The molecule has 0 atom stereocenters. The molecule has 6 heteroatoms. The highest BCUT2D eigenvalue weighted by molar-refractivity contribution is 5.11. The first kappa shape index (κ1) is 14.3. The van der Waals surface area contributed by atoms with Crippen molar-refractivity contribution in [1.29, 1.82) is 0 Å². The Labute approximate surface area is 125 Å². The predicted molar refractivity (Wildman–Crippen MR) is 80.1 cm³/mol. The molecular formula is C15H23N5O. The Morgan fingerprint density at radius 1 is 1.33 bits per heavy atom. The van der Waals surface area contributed by atoms with Crippen LogP contribution >= 0.6 is 0 Å². The Hall–Kier alpha value is -1.66. The van der Waals surface area contributed by atoms with E-state index in [1.54, 1.807) is 7.11 Å². The van der Waals surface area contributed by atoms with Gasteiger partial charge in [-0.1, -0.05) is 0 Å². The number of nitrogens with one attached hydrogen (secondary N) is 1. The second-order valence-electron chi connectivity index (χ2n) is 5.50. The lowest BCUT2D eigenvalue weighted by Crippen LogP contribution is -2.18. The third kappa shape index (κ3) is 3.51. The summed E-state index contributed by atoms with van der Waals surface area (Å²) in [7, 11) is 1.72. The highest BCUT2D eigenvalue weighted by atomic mass is 16.5. The normalized spacial score (nSPS) is 14.3. The maximum Gasteiger partial charge on any atom is 0.152 e. The van der Waals surface area contributed by atoms with E-state index >= 15 is 0 Å². The third-order valence-corrected chi connectivity index (χ3v) is 3.88. The molecular weight excluding hydrogens is 266 g/mol. The van der Waals surface area contributed by atoms with Crippen LogP contribution < -0.4 is 5.32 Å². The third-order valence-electron chi connectivity index (χ3n) is 3.88. The Bertz CT molecular complexity index is 574. The average molecular weight is 289 g/mol. The molecule has 6 nitrogen and oxygen atoms in total. The van der Waals surface area contributed by atoms with Crippen molar-refractivity contribution >= 4 is 0 Å². The lowest BCUT2D eigenvalue weighted by Gasteiger charge is -2.14. The Morgan fingerprint density at radius 3 is 3.19 bits per heavy atom. The van der Waals surface area contributed by atoms with Crippen LogP contribution in [0, 0.1) is 0 Å². The number of hydrogen-bond donors (Lipinski definition) is 1. The van der Waals surface area contributed by atoms with Crippen molar-refractivity contribution in [3.05, 3.63) is 35.7 Å². The molecule has 0 saturated heterocycles. The largest absolute Gasteiger partial charge is 0.383 e. The van der Waals surface area contributed by atoms with E-state index < -0.39 is 0 Å². The molecule has 1 aliphatic rings. The molecule has 0 unspecified atom stereocenters. The standard InChI is InChI=1S/C15H23N5O/c1-21-9-6-16-10-13-5-8-19(11-13)12-15-18-17-14-4-2-3-7-20(14)15/h5,8,11,16H,2-4,6-7,9-10,12H2,1H3. The molecule has 3 rings (SSSR count). The first-order valence-electron chi connectivity index (χ1n) is 7.62. The Kier molecular flexibility index (Phi) is 4.67. The summed E-state index contributed by atoms with van der Waals surface area (Å²) in [5, 5.41) is 12.0. The summed E-state index contributed by atoms with van der Waals surface area (Å²) in [6.45, 7) is 4.34. The molecule has 21 heavy (non-hydrogen) atoms. The van der Waals surface area contributed by atoms with E-state index in [-0.39, 0.29) is 0 Å². The van der Waals surface area contributed by atoms with Crippen LogP contribution in [-0.2, 0) is 30.8 Å². The smallest absolute Gasteiger partial charge is 0.152 e. The van der Waals surface area contributed by atoms with E-state index in [1.807, 2.05) is 0 Å². The van der Waals surface area contributed by atoms with Gasteiger partial charge in [-0.05, 0) is 24.5 Å². The molecule has 0 fully saturated rings. The molecule has 3 heterocycles. The minimum absolute atomic E-state index is 0.743. The number of methoxy groups -OCH3 is 1. The molecule has 2 aromatic rings. The maximum atomic E-state index is 5.02. The van der Waals surface area contributed by atoms with Gasteiger partial charge in [0.2, 0.25) is 0 Å². The first-order chi connectivity index (χ1) is 10.4. The summed E-state index contributed by atoms with van der Waals surface area (Å²) in [6, 6.07) is 2.15. The van der Waals surface area contributed by atoms with Gasteiger partial charge in [-0.25, -0.2) is 0 Å². The van der Waals surface area contributed by atoms with Crippen LogP contribution in [0.1, 0.15) is 30.1 Å². The van der Waals surface area contributed by atoms with Gasteiger partial charge in [-0.15, -0.1) is 10.2 Å². The maximum absolute atomic E-state index is 5.02. The molecule has 114 valence electrons. The number of nitrogens with zero attached hydrogens (tertiary/aromatic N) is 4. The number of rotatable bonds is 7. The van der Waals surface area contributed by atoms with E-state index in [1.165, 1.54) is 18.4 Å². The SMILES string of the molecule is COCCNCc1ccn(Cc2nnc3n2CCCC3)c1. The van der Waals surface area contributed by atoms with Crippen molar-refractivity contribution in [3.8, 4) is 0 Å². The van der Waals surface area contributed by atoms with Crippen LogP contribution in [0.4, 0.5) is 0 Å². The minimum Gasteiger partial charge on any atom is -0.383 e. The number of fused-ring (bicyclic) bond motifs is 1. The molecule has 0 aromatic carbocycles. The summed E-state index contributed by atoms with van der Waals surface area (Å²) < 4.78 is 9.48. The van der Waals surface area contributed by atoms with Crippen LogP contribution in [0.25, 0.3) is 0 Å². The predicted octanol–water partition coefficient (Wildman–Crippen LogP) is 1.20. The van der Waals surface area contributed by atoms with E-state index in [0.29, 0.717) is 0 Å². The summed E-state index contributed by atoms with van der Waals surface area (Å²) >= 11 is 0.